The summed E-state index contributed by atoms with van der Waals surface area (Å²) in [6.07, 6.45) is 0.992. The molecule has 1 aromatic carbocycles. The Morgan fingerprint density at radius 2 is 1.65 bits per heavy atom. The predicted octanol–water partition coefficient (Wildman–Crippen LogP) is 3.19. The van der Waals surface area contributed by atoms with Crippen molar-refractivity contribution in [3.05, 3.63) is 35.4 Å². The second kappa shape index (κ2) is 8.75. The quantitative estimate of drug-likeness (QED) is 0.854. The number of hydrogen-bond donors (Lipinski definition) is 1. The van der Waals surface area contributed by atoms with Crippen molar-refractivity contribution in [3.63, 3.8) is 0 Å². The van der Waals surface area contributed by atoms with Crippen LogP contribution in [-0.2, 0) is 17.9 Å². The van der Waals surface area contributed by atoms with E-state index in [2.05, 4.69) is 17.4 Å². The molecule has 0 spiro atoms. The first kappa shape index (κ1) is 16.7. The van der Waals surface area contributed by atoms with Gasteiger partial charge in [-0.1, -0.05) is 52.0 Å². The monoisotopic (exact) mass is 276 g/mol. The molecule has 20 heavy (non-hydrogen) atoms. The van der Waals surface area contributed by atoms with E-state index < -0.39 is 0 Å². The molecule has 3 nitrogen and oxygen atoms in total. The number of fused-ring (bicyclic) bond motifs is 1. The fourth-order valence-corrected chi connectivity index (χ4v) is 2.61. The Morgan fingerprint density at radius 3 is 2.10 bits per heavy atom. The maximum Gasteiger partial charge on any atom is 0.227 e. The van der Waals surface area contributed by atoms with Crippen LogP contribution < -0.4 is 5.32 Å². The molecule has 2 aliphatic heterocycles. The van der Waals surface area contributed by atoms with Gasteiger partial charge in [0.15, 0.2) is 0 Å². The second-order valence-electron chi connectivity index (χ2n) is 4.65. The Labute approximate surface area is 123 Å². The van der Waals surface area contributed by atoms with Gasteiger partial charge in [0.2, 0.25) is 5.91 Å². The van der Waals surface area contributed by atoms with Gasteiger partial charge in [-0.05, 0) is 24.1 Å². The molecular weight excluding hydrogens is 248 g/mol. The number of hydrogen-bond acceptors (Lipinski definition) is 2. The van der Waals surface area contributed by atoms with Gasteiger partial charge in [0.25, 0.3) is 0 Å². The molecule has 3 rings (SSSR count). The zero-order valence-corrected chi connectivity index (χ0v) is 13.3. The highest BCUT2D eigenvalue weighted by atomic mass is 16.2. The van der Waals surface area contributed by atoms with E-state index in [0.29, 0.717) is 5.91 Å². The standard InChI is InChI=1S/C13H16N2O.2C2H6/c16-13(10-5-6-14-7-10)15-8-11-3-1-2-4-12(11)9-15;2*1-2/h1-4,10,14H,5-9H2;2*1-2H3/t10-;;/m1../s1. The van der Waals surface area contributed by atoms with E-state index in [0.717, 1.165) is 32.6 Å². The highest BCUT2D eigenvalue weighted by Gasteiger charge is 2.30. The molecular formula is C17H28N2O. The Kier molecular flexibility index (Phi) is 7.31. The maximum atomic E-state index is 12.2. The summed E-state index contributed by atoms with van der Waals surface area (Å²) in [6.45, 7) is 11.4. The zero-order valence-electron chi connectivity index (χ0n) is 13.3. The van der Waals surface area contributed by atoms with Gasteiger partial charge in [-0.25, -0.2) is 0 Å². The van der Waals surface area contributed by atoms with Gasteiger partial charge < -0.3 is 10.2 Å². The Bertz CT molecular complexity index is 386. The van der Waals surface area contributed by atoms with E-state index in [-0.39, 0.29) is 5.92 Å². The van der Waals surface area contributed by atoms with E-state index in [1.165, 1.54) is 11.1 Å². The van der Waals surface area contributed by atoms with Crippen molar-refractivity contribution >= 4 is 5.91 Å². The summed E-state index contributed by atoms with van der Waals surface area (Å²) < 4.78 is 0. The van der Waals surface area contributed by atoms with Crippen LogP contribution in [0.5, 0.6) is 0 Å². The van der Waals surface area contributed by atoms with Crippen LogP contribution in [0, 0.1) is 5.92 Å². The Balaban J connectivity index is 0.000000461. The fourth-order valence-electron chi connectivity index (χ4n) is 2.61. The lowest BCUT2D eigenvalue weighted by Gasteiger charge is -2.19. The van der Waals surface area contributed by atoms with E-state index >= 15 is 0 Å². The first-order valence-corrected chi connectivity index (χ1v) is 7.91. The Hall–Kier alpha value is -1.35. The molecule has 0 aliphatic carbocycles. The van der Waals surface area contributed by atoms with Gasteiger partial charge in [-0.2, -0.15) is 0 Å². The lowest BCUT2D eigenvalue weighted by molar-refractivity contribution is -0.135. The van der Waals surface area contributed by atoms with Crippen molar-refractivity contribution in [2.45, 2.75) is 47.2 Å². The first-order valence-electron chi connectivity index (χ1n) is 7.91. The minimum Gasteiger partial charge on any atom is -0.334 e. The van der Waals surface area contributed by atoms with Gasteiger partial charge in [-0.15, -0.1) is 0 Å². The Morgan fingerprint density at radius 1 is 1.10 bits per heavy atom. The summed E-state index contributed by atoms with van der Waals surface area (Å²) in [7, 11) is 0. The van der Waals surface area contributed by atoms with Crippen LogP contribution >= 0.6 is 0 Å². The van der Waals surface area contributed by atoms with Crippen LogP contribution in [0.15, 0.2) is 24.3 Å². The molecule has 1 atom stereocenters. The molecule has 0 aromatic heterocycles. The van der Waals surface area contributed by atoms with Crippen molar-refractivity contribution in [2.24, 2.45) is 5.92 Å². The molecule has 1 amide bonds. The lowest BCUT2D eigenvalue weighted by atomic mass is 10.1. The minimum absolute atomic E-state index is 0.203. The average Bonchev–Trinajstić information content (AvgIpc) is 3.20. The number of rotatable bonds is 1. The first-order chi connectivity index (χ1) is 9.84. The normalized spacial score (nSPS) is 19.4. The van der Waals surface area contributed by atoms with E-state index in [9.17, 15) is 4.79 Å². The van der Waals surface area contributed by atoms with Crippen molar-refractivity contribution in [3.8, 4) is 0 Å². The molecule has 0 radical (unpaired) electrons. The topological polar surface area (TPSA) is 32.3 Å². The van der Waals surface area contributed by atoms with Crippen LogP contribution in [0.4, 0.5) is 0 Å². The van der Waals surface area contributed by atoms with Crippen LogP contribution in [-0.4, -0.2) is 23.9 Å². The minimum atomic E-state index is 0.203. The fraction of sp³-hybridized carbons (Fsp3) is 0.588. The van der Waals surface area contributed by atoms with Crippen molar-refractivity contribution < 1.29 is 4.79 Å². The molecule has 3 heteroatoms. The van der Waals surface area contributed by atoms with Crippen LogP contribution in [0.25, 0.3) is 0 Å². The number of carbonyl (C=O) groups is 1. The maximum absolute atomic E-state index is 12.2. The van der Waals surface area contributed by atoms with E-state index in [1.54, 1.807) is 0 Å². The molecule has 1 saturated heterocycles. The third-order valence-electron chi connectivity index (χ3n) is 3.56. The van der Waals surface area contributed by atoms with Crippen LogP contribution in [0.1, 0.15) is 45.2 Å². The molecule has 0 unspecified atom stereocenters. The molecule has 1 N–H and O–H groups in total. The summed E-state index contributed by atoms with van der Waals surface area (Å²) >= 11 is 0. The molecule has 1 aromatic rings. The van der Waals surface area contributed by atoms with Crippen LogP contribution in [0.3, 0.4) is 0 Å². The third kappa shape index (κ3) is 3.83. The van der Waals surface area contributed by atoms with Crippen molar-refractivity contribution in [2.75, 3.05) is 13.1 Å². The van der Waals surface area contributed by atoms with Crippen molar-refractivity contribution in [1.29, 1.82) is 0 Å². The largest absolute Gasteiger partial charge is 0.334 e. The van der Waals surface area contributed by atoms with E-state index in [4.69, 9.17) is 0 Å². The highest BCUT2D eigenvalue weighted by molar-refractivity contribution is 5.80. The molecule has 112 valence electrons. The third-order valence-corrected chi connectivity index (χ3v) is 3.56. The summed E-state index contributed by atoms with van der Waals surface area (Å²) in [5.41, 5.74) is 2.61. The SMILES string of the molecule is CC.CC.O=C([C@@H]1CCNC1)N1Cc2ccccc2C1. The van der Waals surface area contributed by atoms with Gasteiger partial charge >= 0.3 is 0 Å². The summed E-state index contributed by atoms with van der Waals surface area (Å²) in [5, 5.41) is 3.25. The lowest BCUT2D eigenvalue weighted by Crippen LogP contribution is -2.33. The zero-order chi connectivity index (χ0) is 15.0. The van der Waals surface area contributed by atoms with Crippen LogP contribution in [0.2, 0.25) is 0 Å². The van der Waals surface area contributed by atoms with E-state index in [1.807, 2.05) is 44.7 Å². The predicted molar refractivity (Wildman–Crippen MR) is 84.4 cm³/mol. The molecule has 1 fully saturated rings. The summed E-state index contributed by atoms with van der Waals surface area (Å²) in [5.74, 6) is 0.524. The van der Waals surface area contributed by atoms with Gasteiger partial charge in [0, 0.05) is 19.6 Å². The molecule has 2 aliphatic rings. The number of nitrogens with zero attached hydrogens (tertiary/aromatic N) is 1. The summed E-state index contributed by atoms with van der Waals surface area (Å²) in [4.78, 5) is 14.2. The van der Waals surface area contributed by atoms with Gasteiger partial charge in [-0.3, -0.25) is 4.79 Å². The van der Waals surface area contributed by atoms with Crippen molar-refractivity contribution in [1.82, 2.24) is 10.2 Å². The smallest absolute Gasteiger partial charge is 0.227 e. The number of amides is 1. The second-order valence-corrected chi connectivity index (χ2v) is 4.65. The number of benzene rings is 1. The molecule has 0 saturated carbocycles. The molecule has 0 bridgehead atoms. The molecule has 2 heterocycles. The number of nitrogens with one attached hydrogen (secondary N) is 1. The van der Waals surface area contributed by atoms with Gasteiger partial charge in [0.05, 0.1) is 5.92 Å². The average molecular weight is 276 g/mol. The van der Waals surface area contributed by atoms with Gasteiger partial charge in [0.1, 0.15) is 0 Å². The summed E-state index contributed by atoms with van der Waals surface area (Å²) in [6, 6.07) is 8.33. The number of carbonyl (C=O) groups excluding carboxylic acids is 1. The highest BCUT2D eigenvalue weighted by Crippen LogP contribution is 2.24.